The first kappa shape index (κ1) is 23.3. The number of aromatic nitrogens is 2. The maximum Gasteiger partial charge on any atom is 0.251 e. The molecule has 0 aliphatic rings. The molecule has 0 bridgehead atoms. The first-order chi connectivity index (χ1) is 17.6. The summed E-state index contributed by atoms with van der Waals surface area (Å²) in [6.45, 7) is 1.41. The van der Waals surface area contributed by atoms with Crippen LogP contribution in [0.5, 0.6) is 11.5 Å². The molecule has 6 heteroatoms. The number of hydrogen-bond acceptors (Lipinski definition) is 4. The molecule has 0 radical (unpaired) electrons. The molecule has 0 aliphatic carbocycles. The molecule has 1 amide bonds. The van der Waals surface area contributed by atoms with Crippen molar-refractivity contribution in [2.24, 2.45) is 0 Å². The van der Waals surface area contributed by atoms with Crippen LogP contribution in [0.25, 0.3) is 28.0 Å². The van der Waals surface area contributed by atoms with Crippen LogP contribution in [0.3, 0.4) is 0 Å². The summed E-state index contributed by atoms with van der Waals surface area (Å²) in [7, 11) is 3.97. The zero-order chi connectivity index (χ0) is 24.9. The summed E-state index contributed by atoms with van der Waals surface area (Å²) in [5, 5.41) is 2.94. The molecule has 1 N–H and O–H groups in total. The molecule has 2 aromatic heterocycles. The van der Waals surface area contributed by atoms with E-state index >= 15 is 0 Å². The third-order valence-electron chi connectivity index (χ3n) is 5.95. The number of nitrogens with zero attached hydrogens (tertiary/aromatic N) is 3. The first-order valence-corrected chi connectivity index (χ1v) is 11.9. The summed E-state index contributed by atoms with van der Waals surface area (Å²) >= 11 is 0. The number of carbonyl (C=O) groups is 1. The van der Waals surface area contributed by atoms with Crippen LogP contribution in [0, 0.1) is 0 Å². The van der Waals surface area contributed by atoms with E-state index in [0.717, 1.165) is 46.1 Å². The van der Waals surface area contributed by atoms with Gasteiger partial charge in [-0.25, -0.2) is 0 Å². The van der Waals surface area contributed by atoms with Gasteiger partial charge in [-0.15, -0.1) is 0 Å². The van der Waals surface area contributed by atoms with Crippen molar-refractivity contribution in [2.75, 3.05) is 27.2 Å². The number of likely N-dealkylation sites (N-methyl/N-ethyl adjacent to an activating group) is 1. The second kappa shape index (κ2) is 10.5. The van der Waals surface area contributed by atoms with Crippen molar-refractivity contribution >= 4 is 11.4 Å². The Morgan fingerprint density at radius 3 is 2.28 bits per heavy atom. The van der Waals surface area contributed by atoms with Gasteiger partial charge in [0.2, 0.25) is 0 Å². The van der Waals surface area contributed by atoms with Crippen LogP contribution in [0.15, 0.2) is 103 Å². The molecule has 3 aromatic carbocycles. The number of ether oxygens (including phenoxy) is 1. The van der Waals surface area contributed by atoms with Gasteiger partial charge in [0, 0.05) is 30.4 Å². The Labute approximate surface area is 210 Å². The molecule has 0 saturated carbocycles. The molecule has 0 fully saturated rings. The summed E-state index contributed by atoms with van der Waals surface area (Å²) in [4.78, 5) is 19.1. The van der Waals surface area contributed by atoms with Crippen molar-refractivity contribution in [1.29, 1.82) is 0 Å². The van der Waals surface area contributed by atoms with Crippen molar-refractivity contribution in [3.05, 3.63) is 109 Å². The highest BCUT2D eigenvalue weighted by atomic mass is 16.5. The van der Waals surface area contributed by atoms with E-state index in [1.807, 2.05) is 98.1 Å². The van der Waals surface area contributed by atoms with Gasteiger partial charge in [0.05, 0.1) is 23.1 Å². The largest absolute Gasteiger partial charge is 0.457 e. The fourth-order valence-corrected chi connectivity index (χ4v) is 3.99. The highest BCUT2D eigenvalue weighted by molar-refractivity contribution is 5.94. The molecule has 0 unspecified atom stereocenters. The van der Waals surface area contributed by atoms with E-state index in [1.165, 1.54) is 0 Å². The smallest absolute Gasteiger partial charge is 0.251 e. The van der Waals surface area contributed by atoms with Gasteiger partial charge >= 0.3 is 0 Å². The van der Waals surface area contributed by atoms with Crippen LogP contribution in [0.1, 0.15) is 10.4 Å². The number of hydrogen-bond donors (Lipinski definition) is 1. The Bertz CT molecular complexity index is 1460. The van der Waals surface area contributed by atoms with E-state index in [-0.39, 0.29) is 5.91 Å². The molecule has 0 atom stereocenters. The maximum atomic E-state index is 12.4. The van der Waals surface area contributed by atoms with E-state index in [0.29, 0.717) is 12.1 Å². The van der Waals surface area contributed by atoms with Gasteiger partial charge in [-0.05, 0) is 80.3 Å². The Hall–Kier alpha value is -4.42. The molecular formula is C30H28N4O2. The highest BCUT2D eigenvalue weighted by Gasteiger charge is 2.10. The Morgan fingerprint density at radius 1 is 0.861 bits per heavy atom. The summed E-state index contributed by atoms with van der Waals surface area (Å²) < 4.78 is 8.06. The number of carbonyl (C=O) groups excluding carboxylic acids is 1. The van der Waals surface area contributed by atoms with Crippen LogP contribution >= 0.6 is 0 Å². The molecule has 36 heavy (non-hydrogen) atoms. The molecule has 0 saturated heterocycles. The topological polar surface area (TPSA) is 58.9 Å². The quantitative estimate of drug-likeness (QED) is 0.310. The van der Waals surface area contributed by atoms with Crippen molar-refractivity contribution in [2.45, 2.75) is 0 Å². The van der Waals surface area contributed by atoms with Gasteiger partial charge in [0.15, 0.2) is 0 Å². The van der Waals surface area contributed by atoms with Gasteiger partial charge in [0.25, 0.3) is 5.91 Å². The summed E-state index contributed by atoms with van der Waals surface area (Å²) in [6, 6.07) is 29.5. The number of para-hydroxylation sites is 1. The van der Waals surface area contributed by atoms with Crippen LogP contribution in [-0.2, 0) is 0 Å². The van der Waals surface area contributed by atoms with Gasteiger partial charge < -0.3 is 19.4 Å². The number of amides is 1. The lowest BCUT2D eigenvalue weighted by molar-refractivity contribution is 0.0951. The predicted octanol–water partition coefficient (Wildman–Crippen LogP) is 5.75. The van der Waals surface area contributed by atoms with Crippen molar-refractivity contribution < 1.29 is 9.53 Å². The highest BCUT2D eigenvalue weighted by Crippen LogP contribution is 2.28. The third-order valence-corrected chi connectivity index (χ3v) is 5.95. The first-order valence-electron chi connectivity index (χ1n) is 11.9. The average Bonchev–Trinajstić information content (AvgIpc) is 3.33. The Morgan fingerprint density at radius 2 is 1.56 bits per heavy atom. The van der Waals surface area contributed by atoms with Gasteiger partial charge in [-0.2, -0.15) is 0 Å². The standard InChI is InChI=1S/C30H28N4O2/c1-33(2)19-18-31-30(35)24-10-8-22(9-11-24)28-21-34-25(20-32-28)14-17-29(34)23-12-15-27(16-13-23)36-26-6-4-3-5-7-26/h3-17,20-21H,18-19H2,1-2H3,(H,31,35). The molecular weight excluding hydrogens is 448 g/mol. The molecule has 6 nitrogen and oxygen atoms in total. The van der Waals surface area contributed by atoms with Gasteiger partial charge in [-0.3, -0.25) is 9.78 Å². The number of benzene rings is 3. The van der Waals surface area contributed by atoms with Gasteiger partial charge in [-0.1, -0.05) is 30.3 Å². The number of fused-ring (bicyclic) bond motifs is 1. The Balaban J connectivity index is 1.34. The molecule has 5 rings (SSSR count). The molecule has 0 spiro atoms. The number of nitrogens with one attached hydrogen (secondary N) is 1. The van der Waals surface area contributed by atoms with E-state index in [4.69, 9.17) is 4.74 Å². The van der Waals surface area contributed by atoms with E-state index < -0.39 is 0 Å². The molecule has 2 heterocycles. The SMILES string of the molecule is CN(C)CCNC(=O)c1ccc(-c2cn3c(-c4ccc(Oc5ccccc5)cc4)ccc3cn2)cc1. The summed E-state index contributed by atoms with van der Waals surface area (Å²) in [5.74, 6) is 1.53. The molecule has 5 aromatic rings. The van der Waals surface area contributed by atoms with E-state index in [2.05, 4.69) is 39.0 Å². The number of rotatable bonds is 8. The zero-order valence-corrected chi connectivity index (χ0v) is 20.4. The van der Waals surface area contributed by atoms with Crippen molar-refractivity contribution in [1.82, 2.24) is 19.6 Å². The molecule has 180 valence electrons. The van der Waals surface area contributed by atoms with Crippen LogP contribution in [0.2, 0.25) is 0 Å². The second-order valence-corrected chi connectivity index (χ2v) is 8.86. The van der Waals surface area contributed by atoms with Gasteiger partial charge in [0.1, 0.15) is 11.5 Å². The lowest BCUT2D eigenvalue weighted by Gasteiger charge is -2.11. The van der Waals surface area contributed by atoms with Crippen molar-refractivity contribution in [3.63, 3.8) is 0 Å². The lowest BCUT2D eigenvalue weighted by atomic mass is 10.1. The minimum Gasteiger partial charge on any atom is -0.457 e. The van der Waals surface area contributed by atoms with E-state index in [9.17, 15) is 4.79 Å². The minimum atomic E-state index is -0.0702. The zero-order valence-electron chi connectivity index (χ0n) is 20.4. The average molecular weight is 477 g/mol. The third kappa shape index (κ3) is 5.29. The molecule has 0 aliphatic heterocycles. The van der Waals surface area contributed by atoms with Crippen LogP contribution in [0.4, 0.5) is 0 Å². The monoisotopic (exact) mass is 476 g/mol. The fraction of sp³-hybridized carbons (Fsp3) is 0.133. The summed E-state index contributed by atoms with van der Waals surface area (Å²) in [6.07, 6.45) is 3.90. The van der Waals surface area contributed by atoms with Crippen LogP contribution in [-0.4, -0.2) is 47.4 Å². The Kier molecular flexibility index (Phi) is 6.78. The predicted molar refractivity (Wildman–Crippen MR) is 143 cm³/mol. The second-order valence-electron chi connectivity index (χ2n) is 8.86. The lowest BCUT2D eigenvalue weighted by Crippen LogP contribution is -2.31. The van der Waals surface area contributed by atoms with Crippen molar-refractivity contribution in [3.8, 4) is 34.0 Å². The fourth-order valence-electron chi connectivity index (χ4n) is 3.99. The maximum absolute atomic E-state index is 12.4. The van der Waals surface area contributed by atoms with E-state index in [1.54, 1.807) is 0 Å². The van der Waals surface area contributed by atoms with Crippen LogP contribution < -0.4 is 10.1 Å². The minimum absolute atomic E-state index is 0.0702. The summed E-state index contributed by atoms with van der Waals surface area (Å²) in [5.41, 5.74) is 5.58. The normalized spacial score (nSPS) is 11.1.